The van der Waals surface area contributed by atoms with Crippen LogP contribution < -0.4 is 18.9 Å². The number of hydrogen-bond donors (Lipinski definition) is 0. The van der Waals surface area contributed by atoms with Crippen LogP contribution in [0, 0.1) is 0 Å². The largest absolute Gasteiger partial charge is 1.00 e. The molecule has 0 spiro atoms. The van der Waals surface area contributed by atoms with Gasteiger partial charge in [0.25, 0.3) is 0 Å². The maximum Gasteiger partial charge on any atom is 1.00 e. The van der Waals surface area contributed by atoms with E-state index in [1.54, 1.807) is 0 Å². The number of fused-ring (bicyclic) bond motifs is 1. The summed E-state index contributed by atoms with van der Waals surface area (Å²) in [5.74, 6) is 0. The summed E-state index contributed by atoms with van der Waals surface area (Å²) in [6.45, 7) is 2.34. The first-order valence-electron chi connectivity index (χ1n) is 6.61. The van der Waals surface area contributed by atoms with Gasteiger partial charge in [0.15, 0.2) is 0 Å². The molecule has 1 aromatic carbocycles. The molecule has 0 bridgehead atoms. The van der Waals surface area contributed by atoms with Crippen molar-refractivity contribution in [1.82, 2.24) is 4.90 Å². The third-order valence-corrected chi connectivity index (χ3v) is 4.25. The van der Waals surface area contributed by atoms with Crippen molar-refractivity contribution < 1.29 is 29.1 Å². The van der Waals surface area contributed by atoms with Crippen LogP contribution in [0.4, 0.5) is 0 Å². The van der Waals surface area contributed by atoms with Crippen LogP contribution in [0.25, 0.3) is 0 Å². The molecular formula is C15H19LiNO2-. The molecule has 0 radical (unpaired) electrons. The Morgan fingerprint density at radius 3 is 2.37 bits per heavy atom. The number of carbonyl (C=O) groups excluding carboxylic acids is 1. The molecule has 0 unspecified atom stereocenters. The van der Waals surface area contributed by atoms with Gasteiger partial charge in [0.2, 0.25) is 0 Å². The summed E-state index contributed by atoms with van der Waals surface area (Å²) in [7, 11) is 0. The van der Waals surface area contributed by atoms with Gasteiger partial charge in [-0.25, -0.2) is 0 Å². The molecule has 1 aliphatic heterocycles. The van der Waals surface area contributed by atoms with Crippen molar-refractivity contribution in [3.8, 4) is 0 Å². The van der Waals surface area contributed by atoms with Gasteiger partial charge in [-0.05, 0) is 25.7 Å². The molecule has 3 rings (SSSR count). The van der Waals surface area contributed by atoms with Crippen LogP contribution in [0.15, 0.2) is 18.2 Å². The minimum absolute atomic E-state index is 0. The zero-order valence-electron chi connectivity index (χ0n) is 11.6. The van der Waals surface area contributed by atoms with E-state index in [0.717, 1.165) is 25.4 Å². The summed E-state index contributed by atoms with van der Waals surface area (Å²) in [6.07, 6.45) is 8.36. The molecule has 0 amide bonds. The molecule has 1 aliphatic carbocycles. The maximum absolute atomic E-state index is 10.7. The molecule has 98 valence electrons. The minimum atomic E-state index is 0. The van der Waals surface area contributed by atoms with E-state index in [0.29, 0.717) is 5.56 Å². The molecule has 1 heterocycles. The Morgan fingerprint density at radius 2 is 1.79 bits per heavy atom. The fourth-order valence-corrected chi connectivity index (χ4v) is 2.92. The van der Waals surface area contributed by atoms with Gasteiger partial charge in [0, 0.05) is 19.1 Å². The molecule has 1 aromatic rings. The minimum Gasteiger partial charge on any atom is -0.870 e. The van der Waals surface area contributed by atoms with E-state index in [-0.39, 0.29) is 24.3 Å². The van der Waals surface area contributed by atoms with Gasteiger partial charge in [-0.1, -0.05) is 17.5 Å². The molecule has 2 aliphatic rings. The third-order valence-electron chi connectivity index (χ3n) is 4.25. The van der Waals surface area contributed by atoms with E-state index < -0.39 is 0 Å². The molecule has 0 atom stereocenters. The molecule has 0 aromatic heterocycles. The molecular weight excluding hydrogens is 233 g/mol. The van der Waals surface area contributed by atoms with Gasteiger partial charge >= 0.3 is 18.9 Å². The van der Waals surface area contributed by atoms with Gasteiger partial charge < -0.3 is 10.3 Å². The molecule has 19 heavy (non-hydrogen) atoms. The standard InChI is InChI=1S/C15H18NO.Li.H2O/c17-11-12-4-5-13-6-8-16(15-2-1-3-15)9-7-14(13)10-12;;/h4-5,10,15H,1-3,6-9H2;;1H2/q-1;+1;/p-1. The van der Waals surface area contributed by atoms with Crippen LogP contribution in [-0.2, 0) is 17.6 Å². The van der Waals surface area contributed by atoms with Crippen LogP contribution in [0.1, 0.15) is 36.0 Å². The summed E-state index contributed by atoms with van der Waals surface area (Å²) in [4.78, 5) is 13.3. The van der Waals surface area contributed by atoms with Crippen molar-refractivity contribution in [1.29, 1.82) is 0 Å². The van der Waals surface area contributed by atoms with Crippen LogP contribution in [0.3, 0.4) is 0 Å². The van der Waals surface area contributed by atoms with E-state index >= 15 is 0 Å². The van der Waals surface area contributed by atoms with E-state index in [4.69, 9.17) is 0 Å². The zero-order valence-corrected chi connectivity index (χ0v) is 11.6. The Kier molecular flexibility index (Phi) is 6.29. The van der Waals surface area contributed by atoms with Gasteiger partial charge in [-0.2, -0.15) is 17.7 Å². The van der Waals surface area contributed by atoms with Crippen LogP contribution in [-0.4, -0.2) is 35.8 Å². The predicted molar refractivity (Wildman–Crippen MR) is 69.8 cm³/mol. The Bertz CT molecular complexity index is 432. The van der Waals surface area contributed by atoms with E-state index in [9.17, 15) is 4.79 Å². The molecule has 4 heteroatoms. The monoisotopic (exact) mass is 252 g/mol. The maximum atomic E-state index is 10.7. The second kappa shape index (κ2) is 7.26. The Balaban J connectivity index is 0.000000902. The van der Waals surface area contributed by atoms with E-state index in [1.165, 1.54) is 36.9 Å². The summed E-state index contributed by atoms with van der Waals surface area (Å²) in [5.41, 5.74) is 3.47. The Hall–Kier alpha value is -0.593. The van der Waals surface area contributed by atoms with Crippen LogP contribution in [0.5, 0.6) is 0 Å². The number of hydrogen-bond acceptors (Lipinski definition) is 3. The van der Waals surface area contributed by atoms with Crippen molar-refractivity contribution in [2.45, 2.75) is 38.1 Å². The van der Waals surface area contributed by atoms with Crippen molar-refractivity contribution in [3.05, 3.63) is 34.9 Å². The average Bonchev–Trinajstić information content (AvgIpc) is 2.49. The van der Waals surface area contributed by atoms with Crippen molar-refractivity contribution in [2.75, 3.05) is 13.1 Å². The molecule has 0 saturated heterocycles. The molecule has 1 fully saturated rings. The average molecular weight is 252 g/mol. The van der Waals surface area contributed by atoms with E-state index in [1.807, 2.05) is 18.4 Å². The number of nitrogens with zero attached hydrogens (tertiary/aromatic N) is 1. The Labute approximate surface area is 126 Å². The van der Waals surface area contributed by atoms with Gasteiger partial charge in [-0.15, -0.1) is 6.07 Å². The summed E-state index contributed by atoms with van der Waals surface area (Å²) in [6, 6.07) is 6.86. The summed E-state index contributed by atoms with van der Waals surface area (Å²) >= 11 is 0. The van der Waals surface area contributed by atoms with Crippen molar-refractivity contribution in [3.63, 3.8) is 0 Å². The first-order valence-corrected chi connectivity index (χ1v) is 6.61. The van der Waals surface area contributed by atoms with Crippen molar-refractivity contribution in [2.24, 2.45) is 0 Å². The van der Waals surface area contributed by atoms with Gasteiger partial charge in [-0.3, -0.25) is 4.90 Å². The zero-order chi connectivity index (χ0) is 11.7. The quantitative estimate of drug-likeness (QED) is 0.497. The fourth-order valence-electron chi connectivity index (χ4n) is 2.92. The third kappa shape index (κ3) is 3.49. The van der Waals surface area contributed by atoms with Crippen LogP contribution >= 0.6 is 0 Å². The summed E-state index contributed by atoms with van der Waals surface area (Å²) in [5, 5.41) is 0. The second-order valence-corrected chi connectivity index (χ2v) is 5.21. The molecule has 1 N–H and O–H groups in total. The number of rotatable bonds is 2. The first-order chi connectivity index (χ1) is 8.36. The Morgan fingerprint density at radius 1 is 1.11 bits per heavy atom. The predicted octanol–water partition coefficient (Wildman–Crippen LogP) is -1.08. The topological polar surface area (TPSA) is 50.3 Å². The fraction of sp³-hybridized carbons (Fsp3) is 0.533. The molecule has 1 saturated carbocycles. The molecule has 3 nitrogen and oxygen atoms in total. The SMILES string of the molecule is O=[C-]c1ccc2c(c1)CCN(C1CCC1)CC2.[Li+].[OH-]. The summed E-state index contributed by atoms with van der Waals surface area (Å²) < 4.78 is 0. The van der Waals surface area contributed by atoms with Crippen LogP contribution in [0.2, 0.25) is 0 Å². The van der Waals surface area contributed by atoms with Gasteiger partial charge in [0.1, 0.15) is 0 Å². The van der Waals surface area contributed by atoms with Gasteiger partial charge in [0.05, 0.1) is 6.29 Å². The van der Waals surface area contributed by atoms with Crippen molar-refractivity contribution >= 4 is 6.29 Å². The smallest absolute Gasteiger partial charge is 0.870 e. The van der Waals surface area contributed by atoms with E-state index in [2.05, 4.69) is 11.0 Å². The first kappa shape index (κ1) is 16.5. The normalized spacial score (nSPS) is 19.2. The second-order valence-electron chi connectivity index (χ2n) is 5.21. The number of benzene rings is 1.